The smallest absolute Gasteiger partial charge is 0.456 e. The highest BCUT2D eigenvalue weighted by molar-refractivity contribution is 8.76. The molecule has 17 nitrogen and oxygen atoms in total. The second-order valence-electron chi connectivity index (χ2n) is 8.26. The van der Waals surface area contributed by atoms with E-state index in [9.17, 15) is 37.9 Å². The molecule has 1 aliphatic heterocycles. The first kappa shape index (κ1) is 33.9. The maximum Gasteiger partial charge on any atom is 0.490 e. The lowest BCUT2D eigenvalue weighted by atomic mass is 10.1. The van der Waals surface area contributed by atoms with Crippen molar-refractivity contribution in [3.8, 4) is 0 Å². The van der Waals surface area contributed by atoms with Crippen LogP contribution in [0, 0.1) is 6.92 Å². The summed E-state index contributed by atoms with van der Waals surface area (Å²) in [5.41, 5.74) is -0.468. The van der Waals surface area contributed by atoms with Gasteiger partial charge in [0.2, 0.25) is 0 Å². The lowest BCUT2D eigenvalue weighted by Gasteiger charge is -2.21. The number of hydrogen-bond acceptors (Lipinski definition) is 13. The van der Waals surface area contributed by atoms with Crippen LogP contribution in [0.25, 0.3) is 0 Å². The number of H-pyrrole nitrogens is 1. The van der Waals surface area contributed by atoms with Crippen molar-refractivity contribution < 1.29 is 60.7 Å². The third-order valence-electron chi connectivity index (χ3n) is 5.28. The standard InChI is InChI=1S/C19H25N2O15P3S2/c1-11-8-21(19(24)20-17(11)22)16-7-14(34-18(23)13-6-4-3-5-12(13)10-41-40-2)15(33-16)9-32-38(28,29)36-39(30,31)35-37(25,26)27/h3-6,8,14-16H,7,9-10H2,1-2H3,(H,28,29)(H,30,31)(H,20,22,24)(H2,25,26,27)/t14?,15-,16-/m1/s1. The summed E-state index contributed by atoms with van der Waals surface area (Å²) >= 11 is 0. The maximum atomic E-state index is 13.1. The molecule has 5 N–H and O–H groups in total. The number of aryl methyl sites for hydroxylation is 1. The zero-order chi connectivity index (χ0) is 30.6. The zero-order valence-corrected chi connectivity index (χ0v) is 25.4. The molecular formula is C19H25N2O15P3S2. The molecule has 0 bridgehead atoms. The monoisotopic (exact) mass is 678 g/mol. The summed E-state index contributed by atoms with van der Waals surface area (Å²) in [4.78, 5) is 76.0. The van der Waals surface area contributed by atoms with E-state index in [1.807, 2.05) is 6.26 Å². The van der Waals surface area contributed by atoms with Crippen molar-refractivity contribution in [1.82, 2.24) is 9.55 Å². The zero-order valence-electron chi connectivity index (χ0n) is 21.1. The summed E-state index contributed by atoms with van der Waals surface area (Å²) in [6.45, 7) is 0.497. The molecule has 2 heterocycles. The Morgan fingerprint density at radius 2 is 1.80 bits per heavy atom. The number of hydrogen-bond donors (Lipinski definition) is 5. The molecule has 0 aliphatic carbocycles. The van der Waals surface area contributed by atoms with Gasteiger partial charge in [0.1, 0.15) is 18.4 Å². The van der Waals surface area contributed by atoms with Crippen LogP contribution in [-0.4, -0.2) is 60.2 Å². The fraction of sp³-hybridized carbons (Fsp3) is 0.421. The fourth-order valence-corrected chi connectivity index (χ4v) is 7.85. The van der Waals surface area contributed by atoms with Gasteiger partial charge in [-0.15, -0.1) is 0 Å². The van der Waals surface area contributed by atoms with E-state index >= 15 is 0 Å². The molecule has 0 spiro atoms. The second-order valence-corrected chi connectivity index (χ2v) is 15.2. The van der Waals surface area contributed by atoms with E-state index in [1.165, 1.54) is 40.8 Å². The molecule has 1 saturated heterocycles. The molecule has 5 atom stereocenters. The van der Waals surface area contributed by atoms with E-state index in [1.54, 1.807) is 18.2 Å². The number of nitrogens with one attached hydrogen (secondary N) is 1. The molecule has 228 valence electrons. The SMILES string of the molecule is CSSCc1ccccc1C(=O)OC1C[C@H](n2cc(C)c(=O)[nH]c2=O)O[C@@H]1COP(=O)(O)OP(=O)(O)OP(=O)(O)O. The fourth-order valence-electron chi connectivity index (χ4n) is 3.58. The van der Waals surface area contributed by atoms with Gasteiger partial charge in [-0.2, -0.15) is 8.62 Å². The van der Waals surface area contributed by atoms with Crippen molar-refractivity contribution in [1.29, 1.82) is 0 Å². The van der Waals surface area contributed by atoms with Gasteiger partial charge in [-0.1, -0.05) is 39.8 Å². The molecule has 1 aromatic heterocycles. The molecular weight excluding hydrogens is 653 g/mol. The lowest BCUT2D eigenvalue weighted by molar-refractivity contribution is -0.0512. The summed E-state index contributed by atoms with van der Waals surface area (Å²) in [5, 5.41) is 0. The van der Waals surface area contributed by atoms with Gasteiger partial charge in [0.15, 0.2) is 0 Å². The quantitative estimate of drug-likeness (QED) is 0.116. The lowest BCUT2D eigenvalue weighted by Crippen LogP contribution is -2.33. The van der Waals surface area contributed by atoms with Gasteiger partial charge in [-0.3, -0.25) is 18.9 Å². The minimum Gasteiger partial charge on any atom is -0.456 e. The van der Waals surface area contributed by atoms with Gasteiger partial charge in [-0.05, 0) is 24.8 Å². The van der Waals surface area contributed by atoms with Crippen LogP contribution in [0.2, 0.25) is 0 Å². The number of carbonyl (C=O) groups excluding carboxylic acids is 1. The van der Waals surface area contributed by atoms with Crippen molar-refractivity contribution in [2.45, 2.75) is 37.5 Å². The molecule has 0 saturated carbocycles. The van der Waals surface area contributed by atoms with Crippen molar-refractivity contribution in [2.24, 2.45) is 0 Å². The van der Waals surface area contributed by atoms with Crippen molar-refractivity contribution in [2.75, 3.05) is 12.9 Å². The Morgan fingerprint density at radius 1 is 1.12 bits per heavy atom. The van der Waals surface area contributed by atoms with Crippen LogP contribution in [0.3, 0.4) is 0 Å². The number of phosphoric ester groups is 1. The summed E-state index contributed by atoms with van der Waals surface area (Å²) < 4.78 is 59.1. The van der Waals surface area contributed by atoms with Crippen molar-refractivity contribution in [3.63, 3.8) is 0 Å². The first-order chi connectivity index (χ1) is 19.0. The molecule has 22 heteroatoms. The largest absolute Gasteiger partial charge is 0.490 e. The number of aromatic amines is 1. The Morgan fingerprint density at radius 3 is 2.46 bits per heavy atom. The average Bonchev–Trinajstić information content (AvgIpc) is 3.23. The minimum absolute atomic E-state index is 0.152. The number of aromatic nitrogens is 2. The number of ether oxygens (including phenoxy) is 2. The molecule has 3 rings (SSSR count). The van der Waals surface area contributed by atoms with Gasteiger partial charge in [0.25, 0.3) is 5.56 Å². The second kappa shape index (κ2) is 13.8. The van der Waals surface area contributed by atoms with E-state index < -0.39 is 65.7 Å². The number of esters is 1. The molecule has 1 aromatic carbocycles. The average molecular weight is 678 g/mol. The minimum atomic E-state index is -5.78. The summed E-state index contributed by atoms with van der Waals surface area (Å²) in [6, 6.07) is 6.61. The van der Waals surface area contributed by atoms with Crippen LogP contribution in [0.5, 0.6) is 0 Å². The van der Waals surface area contributed by atoms with E-state index in [4.69, 9.17) is 19.3 Å². The number of carbonyl (C=O) groups is 1. The van der Waals surface area contributed by atoms with Gasteiger partial charge in [-0.25, -0.2) is 23.3 Å². The highest BCUT2D eigenvalue weighted by Gasteiger charge is 2.44. The number of rotatable bonds is 13. The van der Waals surface area contributed by atoms with Crippen LogP contribution in [0.15, 0.2) is 40.1 Å². The highest BCUT2D eigenvalue weighted by atomic mass is 33.1. The Labute approximate surface area is 239 Å². The Balaban J connectivity index is 1.84. The van der Waals surface area contributed by atoms with Gasteiger partial charge < -0.3 is 29.0 Å². The van der Waals surface area contributed by atoms with E-state index in [-0.39, 0.29) is 17.5 Å². The van der Waals surface area contributed by atoms with Gasteiger partial charge in [0, 0.05) is 23.9 Å². The summed E-state index contributed by atoms with van der Waals surface area (Å²) in [7, 11) is -13.9. The Kier molecular flexibility index (Phi) is 11.4. The molecule has 1 fully saturated rings. The van der Waals surface area contributed by atoms with Crippen molar-refractivity contribution >= 4 is 51.0 Å². The Hall–Kier alpha value is -1.56. The normalized spacial score (nSPS) is 22.1. The number of phosphoric acid groups is 3. The first-order valence-corrected chi connectivity index (χ1v) is 18.5. The predicted molar refractivity (Wildman–Crippen MR) is 145 cm³/mol. The number of nitrogens with zero attached hydrogens (tertiary/aromatic N) is 1. The van der Waals surface area contributed by atoms with Gasteiger partial charge in [0.05, 0.1) is 12.2 Å². The van der Waals surface area contributed by atoms with Crippen LogP contribution in [0.1, 0.15) is 34.1 Å². The van der Waals surface area contributed by atoms with E-state index in [2.05, 4.69) is 18.1 Å². The summed E-state index contributed by atoms with van der Waals surface area (Å²) in [6.07, 6.45) is -0.883. The van der Waals surface area contributed by atoms with Gasteiger partial charge >= 0.3 is 35.1 Å². The first-order valence-electron chi connectivity index (χ1n) is 11.2. The summed E-state index contributed by atoms with van der Waals surface area (Å²) in [5.74, 6) is -0.317. The number of benzene rings is 1. The Bertz CT molecular complexity index is 1530. The molecule has 1 aliphatic rings. The van der Waals surface area contributed by atoms with E-state index in [0.29, 0.717) is 11.3 Å². The molecule has 2 aromatic rings. The highest BCUT2D eigenvalue weighted by Crippen LogP contribution is 2.66. The van der Waals surface area contributed by atoms with Crippen LogP contribution >= 0.6 is 45.1 Å². The molecule has 3 unspecified atom stereocenters. The molecule has 41 heavy (non-hydrogen) atoms. The van der Waals surface area contributed by atoms with Crippen molar-refractivity contribution in [3.05, 3.63) is 68.0 Å². The van der Waals surface area contributed by atoms with Crippen LogP contribution in [0.4, 0.5) is 0 Å². The third kappa shape index (κ3) is 10.0. The third-order valence-corrected chi connectivity index (χ3v) is 10.8. The van der Waals surface area contributed by atoms with Crippen LogP contribution in [-0.2, 0) is 42.1 Å². The molecule has 0 radical (unpaired) electrons. The maximum absolute atomic E-state index is 13.1. The molecule has 0 amide bonds. The topological polar surface area (TPSA) is 250 Å². The van der Waals surface area contributed by atoms with Crippen LogP contribution < -0.4 is 11.2 Å². The predicted octanol–water partition coefficient (Wildman–Crippen LogP) is 2.21. The van der Waals surface area contributed by atoms with E-state index in [0.717, 1.165) is 4.57 Å².